The minimum absolute atomic E-state index is 0.00271. The fourth-order valence-corrected chi connectivity index (χ4v) is 3.07. The van der Waals surface area contributed by atoms with E-state index in [2.05, 4.69) is 27.3 Å². The zero-order valence-electron chi connectivity index (χ0n) is 14.6. The number of rotatable bonds is 7. The van der Waals surface area contributed by atoms with Crippen LogP contribution >= 0.6 is 0 Å². The highest BCUT2D eigenvalue weighted by atomic mass is 16.5. The number of aromatic nitrogens is 3. The number of hydrogen-bond donors (Lipinski definition) is 1. The average Bonchev–Trinajstić information content (AvgIpc) is 3.25. The predicted molar refractivity (Wildman–Crippen MR) is 92.0 cm³/mol. The van der Waals surface area contributed by atoms with Crippen LogP contribution in [0.25, 0.3) is 0 Å². The molecule has 1 saturated heterocycles. The van der Waals surface area contributed by atoms with Crippen LogP contribution in [0, 0.1) is 6.92 Å². The smallest absolute Gasteiger partial charge is 0.249 e. The van der Waals surface area contributed by atoms with Crippen molar-refractivity contribution < 1.29 is 14.3 Å². The molecule has 25 heavy (non-hydrogen) atoms. The van der Waals surface area contributed by atoms with E-state index in [1.54, 1.807) is 12.0 Å². The minimum Gasteiger partial charge on any atom is -0.380 e. The van der Waals surface area contributed by atoms with Crippen molar-refractivity contribution in [2.24, 2.45) is 0 Å². The lowest BCUT2D eigenvalue weighted by Crippen LogP contribution is -2.35. The highest BCUT2D eigenvalue weighted by Crippen LogP contribution is 2.31. The minimum atomic E-state index is -0.167. The molecule has 0 aliphatic carbocycles. The molecule has 0 saturated carbocycles. The van der Waals surface area contributed by atoms with Gasteiger partial charge in [0.1, 0.15) is 12.4 Å². The Bertz CT molecular complexity index is 689. The van der Waals surface area contributed by atoms with E-state index in [-0.39, 0.29) is 24.7 Å². The van der Waals surface area contributed by atoms with Gasteiger partial charge in [-0.15, -0.1) is 0 Å². The number of H-pyrrole nitrogens is 1. The topological polar surface area (TPSA) is 80.3 Å². The summed E-state index contributed by atoms with van der Waals surface area (Å²) in [5.41, 5.74) is 1.20. The Morgan fingerprint density at radius 2 is 2.16 bits per heavy atom. The quantitative estimate of drug-likeness (QED) is 0.773. The number of aryl methyl sites for hydroxylation is 1. The Morgan fingerprint density at radius 1 is 1.36 bits per heavy atom. The molecule has 1 aromatic carbocycles. The monoisotopic (exact) mass is 344 g/mol. The Kier molecular flexibility index (Phi) is 5.78. The van der Waals surface area contributed by atoms with E-state index >= 15 is 0 Å². The summed E-state index contributed by atoms with van der Waals surface area (Å²) in [6.07, 6.45) is 1.49. The van der Waals surface area contributed by atoms with Gasteiger partial charge in [-0.25, -0.2) is 4.98 Å². The molecular formula is C18H24N4O3. The van der Waals surface area contributed by atoms with E-state index in [4.69, 9.17) is 9.47 Å². The highest BCUT2D eigenvalue weighted by molar-refractivity contribution is 5.78. The lowest BCUT2D eigenvalue weighted by molar-refractivity contribution is -0.137. The molecule has 0 unspecified atom stereocenters. The molecular weight excluding hydrogens is 320 g/mol. The number of hydrogen-bond acceptors (Lipinski definition) is 5. The molecule has 1 aromatic heterocycles. The fourth-order valence-electron chi connectivity index (χ4n) is 3.07. The maximum atomic E-state index is 12.6. The summed E-state index contributed by atoms with van der Waals surface area (Å²) < 4.78 is 11.0. The number of nitrogens with one attached hydrogen (secondary N) is 1. The van der Waals surface area contributed by atoms with Crippen LogP contribution < -0.4 is 0 Å². The standard InChI is InChI=1S/C18H24N4O3/c1-13-19-18(21-20-13)16-10-15(24-2)11-22(16)17(23)12-25-9-8-14-6-4-3-5-7-14/h3-7,15-16H,8-12H2,1-2H3,(H,19,20,21)/t15-,16+/m1/s1. The SMILES string of the molecule is CO[C@@H]1C[C@@H](c2n[nH]c(C)n2)N(C(=O)COCCc2ccccc2)C1. The first kappa shape index (κ1) is 17.6. The summed E-state index contributed by atoms with van der Waals surface area (Å²) in [7, 11) is 1.66. The molecule has 1 aliphatic rings. The first-order valence-corrected chi connectivity index (χ1v) is 8.50. The average molecular weight is 344 g/mol. The lowest BCUT2D eigenvalue weighted by Gasteiger charge is -2.22. The van der Waals surface area contributed by atoms with Crippen LogP contribution in [0.5, 0.6) is 0 Å². The summed E-state index contributed by atoms with van der Waals surface area (Å²) in [5.74, 6) is 1.32. The van der Waals surface area contributed by atoms with E-state index < -0.39 is 0 Å². The van der Waals surface area contributed by atoms with Crippen LogP contribution in [0.3, 0.4) is 0 Å². The third-order valence-corrected chi connectivity index (χ3v) is 4.43. The molecule has 2 heterocycles. The third kappa shape index (κ3) is 4.43. The van der Waals surface area contributed by atoms with Gasteiger partial charge in [-0.3, -0.25) is 9.89 Å². The summed E-state index contributed by atoms with van der Waals surface area (Å²) in [6, 6.07) is 9.92. The number of nitrogens with zero attached hydrogens (tertiary/aromatic N) is 3. The third-order valence-electron chi connectivity index (χ3n) is 4.43. The van der Waals surface area contributed by atoms with Gasteiger partial charge in [0, 0.05) is 20.1 Å². The number of carbonyl (C=O) groups excluding carboxylic acids is 1. The van der Waals surface area contributed by atoms with Crippen molar-refractivity contribution in [3.63, 3.8) is 0 Å². The molecule has 2 atom stereocenters. The van der Waals surface area contributed by atoms with Gasteiger partial charge in [-0.05, 0) is 18.9 Å². The van der Waals surface area contributed by atoms with Gasteiger partial charge in [0.2, 0.25) is 5.91 Å². The van der Waals surface area contributed by atoms with Crippen LogP contribution in [0.15, 0.2) is 30.3 Å². The first-order valence-electron chi connectivity index (χ1n) is 8.50. The van der Waals surface area contributed by atoms with E-state index in [9.17, 15) is 4.79 Å². The molecule has 7 nitrogen and oxygen atoms in total. The largest absolute Gasteiger partial charge is 0.380 e. The van der Waals surface area contributed by atoms with Crippen molar-refractivity contribution in [3.05, 3.63) is 47.5 Å². The van der Waals surface area contributed by atoms with Crippen molar-refractivity contribution in [2.45, 2.75) is 31.9 Å². The molecule has 1 aliphatic heterocycles. The molecule has 2 aromatic rings. The fraction of sp³-hybridized carbons (Fsp3) is 0.500. The van der Waals surface area contributed by atoms with E-state index in [0.29, 0.717) is 25.4 Å². The molecule has 0 spiro atoms. The van der Waals surface area contributed by atoms with Crippen molar-refractivity contribution in [1.29, 1.82) is 0 Å². The second-order valence-electron chi connectivity index (χ2n) is 6.22. The number of ether oxygens (including phenoxy) is 2. The summed E-state index contributed by atoms with van der Waals surface area (Å²) in [4.78, 5) is 18.7. The van der Waals surface area contributed by atoms with E-state index in [1.165, 1.54) is 5.56 Å². The summed E-state index contributed by atoms with van der Waals surface area (Å²) in [5, 5.41) is 7.05. The zero-order valence-corrected chi connectivity index (χ0v) is 14.6. The molecule has 3 rings (SSSR count). The number of benzene rings is 1. The molecule has 7 heteroatoms. The predicted octanol–water partition coefficient (Wildman–Crippen LogP) is 1.66. The van der Waals surface area contributed by atoms with Crippen LogP contribution in [0.4, 0.5) is 0 Å². The van der Waals surface area contributed by atoms with Crippen LogP contribution in [0.2, 0.25) is 0 Å². The van der Waals surface area contributed by atoms with E-state index in [1.807, 2.05) is 25.1 Å². The van der Waals surface area contributed by atoms with Crippen molar-refractivity contribution >= 4 is 5.91 Å². The Hall–Kier alpha value is -2.25. The number of likely N-dealkylation sites (tertiary alicyclic amines) is 1. The number of amides is 1. The van der Waals surface area contributed by atoms with Crippen LogP contribution in [-0.4, -0.2) is 59.0 Å². The number of aromatic amines is 1. The summed E-state index contributed by atoms with van der Waals surface area (Å²) in [6.45, 7) is 2.96. The molecule has 0 bridgehead atoms. The Morgan fingerprint density at radius 3 is 2.84 bits per heavy atom. The zero-order chi connectivity index (χ0) is 17.6. The van der Waals surface area contributed by atoms with Gasteiger partial charge in [0.05, 0.1) is 18.8 Å². The van der Waals surface area contributed by atoms with Gasteiger partial charge in [0.25, 0.3) is 0 Å². The van der Waals surface area contributed by atoms with Gasteiger partial charge in [-0.2, -0.15) is 5.10 Å². The number of methoxy groups -OCH3 is 1. The summed E-state index contributed by atoms with van der Waals surface area (Å²) >= 11 is 0. The molecule has 1 N–H and O–H groups in total. The maximum Gasteiger partial charge on any atom is 0.249 e. The van der Waals surface area contributed by atoms with Gasteiger partial charge >= 0.3 is 0 Å². The van der Waals surface area contributed by atoms with E-state index in [0.717, 1.165) is 12.2 Å². The van der Waals surface area contributed by atoms with Crippen LogP contribution in [-0.2, 0) is 20.7 Å². The molecule has 0 radical (unpaired) electrons. The highest BCUT2D eigenvalue weighted by Gasteiger charge is 2.38. The maximum absolute atomic E-state index is 12.6. The van der Waals surface area contributed by atoms with Gasteiger partial charge < -0.3 is 14.4 Å². The normalized spacial score (nSPS) is 20.2. The second kappa shape index (κ2) is 8.22. The van der Waals surface area contributed by atoms with Crippen molar-refractivity contribution in [1.82, 2.24) is 20.1 Å². The molecule has 1 amide bonds. The molecule has 134 valence electrons. The molecule has 1 fully saturated rings. The second-order valence-corrected chi connectivity index (χ2v) is 6.22. The lowest BCUT2D eigenvalue weighted by atomic mass is 10.2. The Labute approximate surface area is 147 Å². The van der Waals surface area contributed by atoms with Gasteiger partial charge in [0.15, 0.2) is 5.82 Å². The van der Waals surface area contributed by atoms with Crippen molar-refractivity contribution in [3.8, 4) is 0 Å². The van der Waals surface area contributed by atoms with Crippen LogP contribution in [0.1, 0.15) is 29.7 Å². The van der Waals surface area contributed by atoms with Gasteiger partial charge in [-0.1, -0.05) is 30.3 Å². The Balaban J connectivity index is 1.54. The first-order chi connectivity index (χ1) is 12.2. The number of carbonyl (C=O) groups is 1. The van der Waals surface area contributed by atoms with Crippen molar-refractivity contribution in [2.75, 3.05) is 26.9 Å².